The first-order chi connectivity index (χ1) is 12.5. The zero-order valence-electron chi connectivity index (χ0n) is 14.4. The quantitative estimate of drug-likeness (QED) is 0.605. The maximum absolute atomic E-state index is 13.1. The molecule has 7 heteroatoms. The molecule has 0 saturated heterocycles. The van der Waals surface area contributed by atoms with E-state index in [1.165, 1.54) is 24.3 Å². The van der Waals surface area contributed by atoms with Gasteiger partial charge in [-0.3, -0.25) is 19.8 Å². The summed E-state index contributed by atoms with van der Waals surface area (Å²) in [6, 6.07) is 12.1. The SMILES string of the molecule is C[C@@H](C(=O)Nc1ccccc1[N+](=O)[O-])N(Cc1ccc(F)cc1)C1CC1. The highest BCUT2D eigenvalue weighted by Crippen LogP contribution is 2.31. The fourth-order valence-electron chi connectivity index (χ4n) is 2.92. The Morgan fingerprint density at radius 3 is 2.54 bits per heavy atom. The van der Waals surface area contributed by atoms with Gasteiger partial charge in [-0.15, -0.1) is 0 Å². The van der Waals surface area contributed by atoms with Crippen molar-refractivity contribution in [2.75, 3.05) is 5.32 Å². The van der Waals surface area contributed by atoms with Gasteiger partial charge in [0.25, 0.3) is 5.69 Å². The summed E-state index contributed by atoms with van der Waals surface area (Å²) in [6.07, 6.45) is 2.01. The third-order valence-electron chi connectivity index (χ3n) is 4.53. The number of nitrogens with zero attached hydrogens (tertiary/aromatic N) is 2. The molecule has 1 aliphatic carbocycles. The van der Waals surface area contributed by atoms with Crippen LogP contribution in [0.1, 0.15) is 25.3 Å². The van der Waals surface area contributed by atoms with Crippen LogP contribution in [0.25, 0.3) is 0 Å². The van der Waals surface area contributed by atoms with E-state index in [9.17, 15) is 19.3 Å². The highest BCUT2D eigenvalue weighted by atomic mass is 19.1. The van der Waals surface area contributed by atoms with Crippen molar-refractivity contribution in [3.63, 3.8) is 0 Å². The largest absolute Gasteiger partial charge is 0.319 e. The summed E-state index contributed by atoms with van der Waals surface area (Å²) in [6.45, 7) is 2.31. The second-order valence-electron chi connectivity index (χ2n) is 6.47. The van der Waals surface area contributed by atoms with Crippen LogP contribution in [0.2, 0.25) is 0 Å². The van der Waals surface area contributed by atoms with E-state index < -0.39 is 11.0 Å². The van der Waals surface area contributed by atoms with Crippen LogP contribution >= 0.6 is 0 Å². The maximum atomic E-state index is 13.1. The zero-order chi connectivity index (χ0) is 18.7. The Morgan fingerprint density at radius 1 is 1.27 bits per heavy atom. The minimum atomic E-state index is -0.516. The standard InChI is InChI=1S/C19H20FN3O3/c1-13(19(24)21-17-4-2-3-5-18(17)23(25)26)22(16-10-11-16)12-14-6-8-15(20)9-7-14/h2-9,13,16H,10-12H2,1H3,(H,21,24)/t13-/m0/s1. The summed E-state index contributed by atoms with van der Waals surface area (Å²) in [5.41, 5.74) is 0.972. The van der Waals surface area contributed by atoms with E-state index in [0.717, 1.165) is 18.4 Å². The minimum Gasteiger partial charge on any atom is -0.319 e. The number of amides is 1. The number of nitro groups is 1. The van der Waals surface area contributed by atoms with E-state index in [-0.39, 0.29) is 23.1 Å². The molecule has 6 nitrogen and oxygen atoms in total. The van der Waals surface area contributed by atoms with Crippen molar-refractivity contribution in [2.24, 2.45) is 0 Å². The summed E-state index contributed by atoms with van der Waals surface area (Å²) in [7, 11) is 0. The highest BCUT2D eigenvalue weighted by Gasteiger charge is 2.35. The van der Waals surface area contributed by atoms with Gasteiger partial charge in [0.2, 0.25) is 5.91 Å². The first-order valence-corrected chi connectivity index (χ1v) is 8.50. The topological polar surface area (TPSA) is 75.5 Å². The monoisotopic (exact) mass is 357 g/mol. The number of para-hydroxylation sites is 2. The smallest absolute Gasteiger partial charge is 0.292 e. The average molecular weight is 357 g/mol. The van der Waals surface area contributed by atoms with Crippen molar-refractivity contribution < 1.29 is 14.1 Å². The molecule has 0 bridgehead atoms. The number of benzene rings is 2. The average Bonchev–Trinajstić information content (AvgIpc) is 3.46. The van der Waals surface area contributed by atoms with Crippen molar-refractivity contribution in [3.8, 4) is 0 Å². The van der Waals surface area contributed by atoms with Crippen LogP contribution in [-0.2, 0) is 11.3 Å². The lowest BCUT2D eigenvalue weighted by atomic mass is 10.1. The number of halogens is 1. The molecule has 0 heterocycles. The second kappa shape index (κ2) is 7.61. The molecule has 26 heavy (non-hydrogen) atoms. The predicted octanol–water partition coefficient (Wildman–Crippen LogP) is 3.73. The van der Waals surface area contributed by atoms with Crippen LogP contribution in [0.5, 0.6) is 0 Å². The number of hydrogen-bond donors (Lipinski definition) is 1. The van der Waals surface area contributed by atoms with Crippen molar-refractivity contribution in [3.05, 3.63) is 70.0 Å². The van der Waals surface area contributed by atoms with Crippen molar-refractivity contribution in [1.82, 2.24) is 4.90 Å². The van der Waals surface area contributed by atoms with Crippen LogP contribution in [-0.4, -0.2) is 27.8 Å². The zero-order valence-corrected chi connectivity index (χ0v) is 14.4. The molecule has 0 aliphatic heterocycles. The third kappa shape index (κ3) is 4.23. The van der Waals surface area contributed by atoms with E-state index in [2.05, 4.69) is 10.2 Å². The molecule has 1 saturated carbocycles. The number of carbonyl (C=O) groups is 1. The van der Waals surface area contributed by atoms with Crippen LogP contribution in [0, 0.1) is 15.9 Å². The maximum Gasteiger partial charge on any atom is 0.292 e. The Bertz CT molecular complexity index is 806. The summed E-state index contributed by atoms with van der Waals surface area (Å²) >= 11 is 0. The molecule has 0 unspecified atom stereocenters. The van der Waals surface area contributed by atoms with Crippen LogP contribution in [0.15, 0.2) is 48.5 Å². The fourth-order valence-corrected chi connectivity index (χ4v) is 2.92. The number of nitrogens with one attached hydrogen (secondary N) is 1. The molecule has 136 valence electrons. The Hall–Kier alpha value is -2.80. The van der Waals surface area contributed by atoms with Gasteiger partial charge in [-0.05, 0) is 43.5 Å². The van der Waals surface area contributed by atoms with E-state index in [4.69, 9.17) is 0 Å². The van der Waals surface area contributed by atoms with Gasteiger partial charge < -0.3 is 5.32 Å². The molecule has 1 fully saturated rings. The summed E-state index contributed by atoms with van der Waals surface area (Å²) in [4.78, 5) is 25.3. The van der Waals surface area contributed by atoms with Gasteiger partial charge in [0.05, 0.1) is 11.0 Å². The Labute approximate surface area is 150 Å². The van der Waals surface area contributed by atoms with Crippen molar-refractivity contribution in [2.45, 2.75) is 38.4 Å². The fraction of sp³-hybridized carbons (Fsp3) is 0.316. The van der Waals surface area contributed by atoms with Gasteiger partial charge >= 0.3 is 0 Å². The number of nitro benzene ring substituents is 1. The lowest BCUT2D eigenvalue weighted by Gasteiger charge is -2.28. The second-order valence-corrected chi connectivity index (χ2v) is 6.47. The van der Waals surface area contributed by atoms with Crippen molar-refractivity contribution in [1.29, 1.82) is 0 Å². The molecule has 1 atom stereocenters. The van der Waals surface area contributed by atoms with Gasteiger partial charge in [0, 0.05) is 18.7 Å². The third-order valence-corrected chi connectivity index (χ3v) is 4.53. The van der Waals surface area contributed by atoms with Crippen LogP contribution in [0.3, 0.4) is 0 Å². The van der Waals surface area contributed by atoms with Crippen molar-refractivity contribution >= 4 is 17.3 Å². The molecule has 1 aliphatic rings. The number of hydrogen-bond acceptors (Lipinski definition) is 4. The van der Waals surface area contributed by atoms with Crippen LogP contribution < -0.4 is 5.32 Å². The van der Waals surface area contributed by atoms with E-state index in [0.29, 0.717) is 12.6 Å². The lowest BCUT2D eigenvalue weighted by Crippen LogP contribution is -2.43. The molecule has 2 aromatic carbocycles. The number of rotatable bonds is 7. The summed E-state index contributed by atoms with van der Waals surface area (Å²) in [5.74, 6) is -0.595. The molecule has 2 aromatic rings. The molecule has 0 radical (unpaired) electrons. The van der Waals surface area contributed by atoms with Gasteiger partial charge in [-0.2, -0.15) is 0 Å². The van der Waals surface area contributed by atoms with Gasteiger partial charge in [0.1, 0.15) is 11.5 Å². The van der Waals surface area contributed by atoms with E-state index >= 15 is 0 Å². The van der Waals surface area contributed by atoms with Gasteiger partial charge in [0.15, 0.2) is 0 Å². The number of carbonyl (C=O) groups excluding carboxylic acids is 1. The summed E-state index contributed by atoms with van der Waals surface area (Å²) in [5, 5.41) is 13.8. The first kappa shape index (κ1) is 18.0. The normalized spacial score (nSPS) is 14.9. The Balaban J connectivity index is 1.73. The van der Waals surface area contributed by atoms with E-state index in [1.807, 2.05) is 0 Å². The molecular formula is C19H20FN3O3. The molecule has 0 aromatic heterocycles. The Morgan fingerprint density at radius 2 is 1.92 bits per heavy atom. The Kier molecular flexibility index (Phi) is 5.27. The molecular weight excluding hydrogens is 337 g/mol. The number of anilines is 1. The lowest BCUT2D eigenvalue weighted by molar-refractivity contribution is -0.383. The summed E-state index contributed by atoms with van der Waals surface area (Å²) < 4.78 is 13.1. The predicted molar refractivity (Wildman–Crippen MR) is 96.2 cm³/mol. The molecule has 1 amide bonds. The van der Waals surface area contributed by atoms with E-state index in [1.54, 1.807) is 31.2 Å². The van der Waals surface area contributed by atoms with Gasteiger partial charge in [-0.25, -0.2) is 4.39 Å². The van der Waals surface area contributed by atoms with Gasteiger partial charge in [-0.1, -0.05) is 24.3 Å². The molecule has 1 N–H and O–H groups in total. The van der Waals surface area contributed by atoms with Crippen LogP contribution in [0.4, 0.5) is 15.8 Å². The molecule has 0 spiro atoms. The highest BCUT2D eigenvalue weighted by molar-refractivity contribution is 5.96. The first-order valence-electron chi connectivity index (χ1n) is 8.50. The molecule has 3 rings (SSSR count). The minimum absolute atomic E-state index is 0.135.